The Morgan fingerprint density at radius 1 is 1.13 bits per heavy atom. The van der Waals surface area contributed by atoms with E-state index in [4.69, 9.17) is 0 Å². The minimum absolute atomic E-state index is 0.567. The summed E-state index contributed by atoms with van der Waals surface area (Å²) in [6.07, 6.45) is 0. The molecule has 1 aliphatic rings. The molecule has 3 heteroatoms. The number of nitrogens with zero attached hydrogens (tertiary/aromatic N) is 1. The van der Waals surface area contributed by atoms with E-state index in [-0.39, 0.29) is 0 Å². The number of piperazine rings is 1. The van der Waals surface area contributed by atoms with E-state index in [2.05, 4.69) is 64.3 Å². The largest absolute Gasteiger partial charge is 0.368 e. The van der Waals surface area contributed by atoms with Gasteiger partial charge in [-0.1, -0.05) is 15.9 Å². The molecule has 1 saturated heterocycles. The van der Waals surface area contributed by atoms with Crippen LogP contribution in [0.15, 0.2) is 28.7 Å². The van der Waals surface area contributed by atoms with Gasteiger partial charge in [0.15, 0.2) is 0 Å². The maximum Gasteiger partial charge on any atom is 0.0368 e. The van der Waals surface area contributed by atoms with E-state index in [0.717, 1.165) is 17.6 Å². The average Bonchev–Trinajstić information content (AvgIpc) is 2.17. The predicted molar refractivity (Wildman–Crippen MR) is 68.4 cm³/mol. The van der Waals surface area contributed by atoms with Crippen molar-refractivity contribution in [2.45, 2.75) is 25.9 Å². The van der Waals surface area contributed by atoms with E-state index < -0.39 is 0 Å². The van der Waals surface area contributed by atoms with E-state index in [1.54, 1.807) is 0 Å². The Kier molecular flexibility index (Phi) is 3.32. The van der Waals surface area contributed by atoms with Gasteiger partial charge in [0.05, 0.1) is 0 Å². The summed E-state index contributed by atoms with van der Waals surface area (Å²) in [5.74, 6) is 0. The number of benzene rings is 1. The lowest BCUT2D eigenvalue weighted by Crippen LogP contribution is -2.54. The highest BCUT2D eigenvalue weighted by molar-refractivity contribution is 9.10. The van der Waals surface area contributed by atoms with Crippen LogP contribution in [0.25, 0.3) is 0 Å². The van der Waals surface area contributed by atoms with Crippen molar-refractivity contribution < 1.29 is 0 Å². The second-order valence-electron chi connectivity index (χ2n) is 4.35. The molecule has 0 saturated carbocycles. The third-order valence-electron chi connectivity index (χ3n) is 2.75. The van der Waals surface area contributed by atoms with Crippen LogP contribution < -0.4 is 10.2 Å². The fourth-order valence-electron chi connectivity index (χ4n) is 2.19. The predicted octanol–water partition coefficient (Wildman–Crippen LogP) is 2.64. The summed E-state index contributed by atoms with van der Waals surface area (Å²) in [5.41, 5.74) is 1.32. The molecule has 1 heterocycles. The van der Waals surface area contributed by atoms with Gasteiger partial charge in [-0.25, -0.2) is 0 Å². The zero-order valence-corrected chi connectivity index (χ0v) is 10.8. The third-order valence-corrected chi connectivity index (χ3v) is 3.28. The number of hydrogen-bond donors (Lipinski definition) is 1. The topological polar surface area (TPSA) is 15.3 Å². The lowest BCUT2D eigenvalue weighted by atomic mass is 10.1. The van der Waals surface area contributed by atoms with E-state index in [0.29, 0.717) is 12.1 Å². The van der Waals surface area contributed by atoms with E-state index in [1.807, 2.05) is 0 Å². The molecule has 1 aromatic rings. The summed E-state index contributed by atoms with van der Waals surface area (Å²) >= 11 is 3.46. The number of anilines is 1. The summed E-state index contributed by atoms with van der Waals surface area (Å²) in [4.78, 5) is 2.44. The van der Waals surface area contributed by atoms with Gasteiger partial charge < -0.3 is 10.2 Å². The first kappa shape index (κ1) is 11.0. The molecule has 1 unspecified atom stereocenters. The van der Waals surface area contributed by atoms with E-state index in [1.165, 1.54) is 5.69 Å². The van der Waals surface area contributed by atoms with Gasteiger partial charge in [0.25, 0.3) is 0 Å². The summed E-state index contributed by atoms with van der Waals surface area (Å²) < 4.78 is 1.14. The second-order valence-corrected chi connectivity index (χ2v) is 5.27. The Balaban J connectivity index is 2.12. The number of hydrogen-bond acceptors (Lipinski definition) is 2. The Bertz CT molecular complexity index is 313. The monoisotopic (exact) mass is 268 g/mol. The highest BCUT2D eigenvalue weighted by Crippen LogP contribution is 2.20. The lowest BCUT2D eigenvalue weighted by molar-refractivity contribution is 0.407. The quantitative estimate of drug-likeness (QED) is 0.843. The van der Waals surface area contributed by atoms with Gasteiger partial charge in [0.1, 0.15) is 0 Å². The van der Waals surface area contributed by atoms with Crippen LogP contribution >= 0.6 is 15.9 Å². The van der Waals surface area contributed by atoms with Gasteiger partial charge in [-0.05, 0) is 38.1 Å². The van der Waals surface area contributed by atoms with Crippen LogP contribution in [0.2, 0.25) is 0 Å². The van der Waals surface area contributed by atoms with Crippen molar-refractivity contribution in [3.8, 4) is 0 Å². The average molecular weight is 269 g/mol. The highest BCUT2D eigenvalue weighted by Gasteiger charge is 2.20. The molecule has 1 aliphatic heterocycles. The van der Waals surface area contributed by atoms with Crippen LogP contribution in [-0.2, 0) is 0 Å². The first-order valence-electron chi connectivity index (χ1n) is 5.41. The van der Waals surface area contributed by atoms with Crippen molar-refractivity contribution in [3.63, 3.8) is 0 Å². The second kappa shape index (κ2) is 4.54. The molecular weight excluding hydrogens is 252 g/mol. The van der Waals surface area contributed by atoms with Gasteiger partial charge in [0, 0.05) is 35.3 Å². The van der Waals surface area contributed by atoms with Gasteiger partial charge >= 0.3 is 0 Å². The van der Waals surface area contributed by atoms with Crippen LogP contribution in [0.4, 0.5) is 5.69 Å². The van der Waals surface area contributed by atoms with Gasteiger partial charge in [-0.15, -0.1) is 0 Å². The molecule has 82 valence electrons. The smallest absolute Gasteiger partial charge is 0.0368 e. The molecular formula is C12H17BrN2. The van der Waals surface area contributed by atoms with E-state index in [9.17, 15) is 0 Å². The first-order chi connectivity index (χ1) is 7.15. The SMILES string of the molecule is CC1CN(c2ccc(Br)cc2)C[C@@H](C)N1. The number of rotatable bonds is 1. The zero-order chi connectivity index (χ0) is 10.8. The van der Waals surface area contributed by atoms with Crippen molar-refractivity contribution in [1.82, 2.24) is 5.32 Å². The standard InChI is InChI=1S/C12H17BrN2/c1-9-7-15(8-10(2)14-9)12-5-3-11(13)4-6-12/h3-6,9-10,14H,7-8H2,1-2H3/t9-,10?/m1/s1. The van der Waals surface area contributed by atoms with Gasteiger partial charge in [0.2, 0.25) is 0 Å². The molecule has 1 N–H and O–H groups in total. The summed E-state index contributed by atoms with van der Waals surface area (Å²) in [7, 11) is 0. The maximum atomic E-state index is 3.54. The fourth-order valence-corrected chi connectivity index (χ4v) is 2.45. The molecule has 0 aliphatic carbocycles. The molecule has 1 aromatic carbocycles. The Labute approximate surface area is 99.8 Å². The molecule has 2 rings (SSSR count). The summed E-state index contributed by atoms with van der Waals surface area (Å²) in [5, 5.41) is 3.54. The van der Waals surface area contributed by atoms with Crippen LogP contribution in [0.5, 0.6) is 0 Å². The molecule has 0 aromatic heterocycles. The van der Waals surface area contributed by atoms with Crippen molar-refractivity contribution >= 4 is 21.6 Å². The zero-order valence-electron chi connectivity index (χ0n) is 9.20. The third kappa shape index (κ3) is 2.73. The molecule has 0 amide bonds. The molecule has 1 fully saturated rings. The molecule has 0 radical (unpaired) electrons. The number of halogens is 1. The Morgan fingerprint density at radius 2 is 1.67 bits per heavy atom. The normalized spacial score (nSPS) is 26.7. The van der Waals surface area contributed by atoms with Crippen molar-refractivity contribution in [2.75, 3.05) is 18.0 Å². The Hall–Kier alpha value is -0.540. The van der Waals surface area contributed by atoms with E-state index >= 15 is 0 Å². The first-order valence-corrected chi connectivity index (χ1v) is 6.21. The van der Waals surface area contributed by atoms with Crippen LogP contribution in [0, 0.1) is 0 Å². The summed E-state index contributed by atoms with van der Waals surface area (Å²) in [6, 6.07) is 9.69. The molecule has 2 atom stereocenters. The van der Waals surface area contributed by atoms with Crippen molar-refractivity contribution in [3.05, 3.63) is 28.7 Å². The minimum atomic E-state index is 0.567. The Morgan fingerprint density at radius 3 is 2.20 bits per heavy atom. The molecule has 15 heavy (non-hydrogen) atoms. The maximum absolute atomic E-state index is 3.54. The number of nitrogens with one attached hydrogen (secondary N) is 1. The molecule has 0 spiro atoms. The lowest BCUT2D eigenvalue weighted by Gasteiger charge is -2.37. The fraction of sp³-hybridized carbons (Fsp3) is 0.500. The minimum Gasteiger partial charge on any atom is -0.368 e. The molecule has 0 bridgehead atoms. The van der Waals surface area contributed by atoms with Crippen LogP contribution in [-0.4, -0.2) is 25.2 Å². The van der Waals surface area contributed by atoms with Gasteiger partial charge in [-0.3, -0.25) is 0 Å². The van der Waals surface area contributed by atoms with Crippen molar-refractivity contribution in [2.24, 2.45) is 0 Å². The summed E-state index contributed by atoms with van der Waals surface area (Å²) in [6.45, 7) is 6.65. The van der Waals surface area contributed by atoms with Crippen LogP contribution in [0.1, 0.15) is 13.8 Å². The van der Waals surface area contributed by atoms with Crippen molar-refractivity contribution in [1.29, 1.82) is 0 Å². The van der Waals surface area contributed by atoms with Gasteiger partial charge in [-0.2, -0.15) is 0 Å². The molecule has 2 nitrogen and oxygen atoms in total. The van der Waals surface area contributed by atoms with Crippen LogP contribution in [0.3, 0.4) is 0 Å². The highest BCUT2D eigenvalue weighted by atomic mass is 79.9.